The Bertz CT molecular complexity index is 631. The highest BCUT2D eigenvalue weighted by Gasteiger charge is 2.27. The van der Waals surface area contributed by atoms with E-state index < -0.39 is 0 Å². The maximum atomic E-state index is 12.2. The molecule has 1 amide bonds. The van der Waals surface area contributed by atoms with Crippen molar-refractivity contribution in [2.75, 3.05) is 13.2 Å². The molecule has 6 heteroatoms. The van der Waals surface area contributed by atoms with E-state index in [9.17, 15) is 4.79 Å². The number of carbonyl (C=O) groups is 1. The van der Waals surface area contributed by atoms with Gasteiger partial charge in [0, 0.05) is 19.2 Å². The molecule has 3 rings (SSSR count). The number of hydrogen-bond acceptors (Lipinski definition) is 4. The summed E-state index contributed by atoms with van der Waals surface area (Å²) in [5.41, 5.74) is 2.26. The number of nitrogens with zero attached hydrogens (tertiary/aromatic N) is 1. The summed E-state index contributed by atoms with van der Waals surface area (Å²) in [5.74, 6) is 0.0484. The lowest BCUT2D eigenvalue weighted by Gasteiger charge is -2.32. The van der Waals surface area contributed by atoms with Crippen LogP contribution >= 0.6 is 0 Å². The minimum absolute atomic E-state index is 0.00761. The molecule has 1 aliphatic heterocycles. The highest BCUT2D eigenvalue weighted by Crippen LogP contribution is 2.15. The predicted octanol–water partition coefficient (Wildman–Crippen LogP) is 2.22. The Morgan fingerprint density at radius 3 is 3.00 bits per heavy atom. The summed E-state index contributed by atoms with van der Waals surface area (Å²) in [5, 5.41) is 9.77. The minimum Gasteiger partial charge on any atom is -0.379 e. The molecule has 2 atom stereocenters. The number of H-pyrrole nitrogens is 1. The monoisotopic (exact) mass is 343 g/mol. The van der Waals surface area contributed by atoms with E-state index in [4.69, 9.17) is 9.47 Å². The first-order valence-corrected chi connectivity index (χ1v) is 8.81. The van der Waals surface area contributed by atoms with Crippen molar-refractivity contribution >= 4 is 5.91 Å². The maximum absolute atomic E-state index is 12.2. The molecular formula is C19H25N3O3. The SMILES string of the molecule is O=C(CCCc1cn[nH]c1)N[C@@H]1COCC[C@@H]1OCc1ccccc1. The van der Waals surface area contributed by atoms with E-state index in [1.807, 2.05) is 36.5 Å². The van der Waals surface area contributed by atoms with Gasteiger partial charge in [-0.3, -0.25) is 9.89 Å². The Morgan fingerprint density at radius 1 is 1.32 bits per heavy atom. The van der Waals surface area contributed by atoms with Crippen molar-refractivity contribution in [3.63, 3.8) is 0 Å². The molecule has 1 saturated heterocycles. The Kier molecular flexibility index (Phi) is 6.59. The summed E-state index contributed by atoms with van der Waals surface area (Å²) in [6.07, 6.45) is 6.58. The quantitative estimate of drug-likeness (QED) is 0.771. The first kappa shape index (κ1) is 17.6. The number of aromatic amines is 1. The molecule has 2 N–H and O–H groups in total. The van der Waals surface area contributed by atoms with E-state index in [0.29, 0.717) is 26.2 Å². The van der Waals surface area contributed by atoms with Crippen molar-refractivity contribution in [2.45, 2.75) is 44.4 Å². The fourth-order valence-corrected chi connectivity index (χ4v) is 2.98. The van der Waals surface area contributed by atoms with Crippen LogP contribution in [0.25, 0.3) is 0 Å². The second-order valence-corrected chi connectivity index (χ2v) is 6.33. The number of rotatable bonds is 8. The topological polar surface area (TPSA) is 76.2 Å². The van der Waals surface area contributed by atoms with E-state index in [2.05, 4.69) is 15.5 Å². The van der Waals surface area contributed by atoms with Crippen LogP contribution in [0.2, 0.25) is 0 Å². The molecular weight excluding hydrogens is 318 g/mol. The zero-order valence-electron chi connectivity index (χ0n) is 14.3. The van der Waals surface area contributed by atoms with E-state index in [-0.39, 0.29) is 18.1 Å². The molecule has 0 spiro atoms. The van der Waals surface area contributed by atoms with Gasteiger partial charge in [0.05, 0.1) is 31.6 Å². The summed E-state index contributed by atoms with van der Waals surface area (Å²) >= 11 is 0. The molecule has 1 aliphatic rings. The molecule has 134 valence electrons. The average molecular weight is 343 g/mol. The normalized spacial score (nSPS) is 20.3. The van der Waals surface area contributed by atoms with Crippen LogP contribution in [-0.2, 0) is 27.3 Å². The first-order chi connectivity index (χ1) is 12.3. The smallest absolute Gasteiger partial charge is 0.220 e. The van der Waals surface area contributed by atoms with Gasteiger partial charge in [-0.05, 0) is 30.4 Å². The molecule has 2 aromatic rings. The summed E-state index contributed by atoms with van der Waals surface area (Å²) in [6, 6.07) is 10.00. The molecule has 0 unspecified atom stereocenters. The lowest BCUT2D eigenvalue weighted by atomic mass is 10.1. The zero-order valence-corrected chi connectivity index (χ0v) is 14.3. The number of amides is 1. The third kappa shape index (κ3) is 5.69. The van der Waals surface area contributed by atoms with E-state index in [1.54, 1.807) is 6.20 Å². The molecule has 0 bridgehead atoms. The second kappa shape index (κ2) is 9.34. The summed E-state index contributed by atoms with van der Waals surface area (Å²) < 4.78 is 11.6. The third-order valence-corrected chi connectivity index (χ3v) is 4.37. The predicted molar refractivity (Wildman–Crippen MR) is 93.9 cm³/mol. The Balaban J connectivity index is 1.42. The maximum Gasteiger partial charge on any atom is 0.220 e. The van der Waals surface area contributed by atoms with Gasteiger partial charge in [0.2, 0.25) is 5.91 Å². The number of ether oxygens (including phenoxy) is 2. The van der Waals surface area contributed by atoms with Crippen molar-refractivity contribution in [1.29, 1.82) is 0 Å². The van der Waals surface area contributed by atoms with Crippen LogP contribution in [-0.4, -0.2) is 41.5 Å². The zero-order chi connectivity index (χ0) is 17.3. The van der Waals surface area contributed by atoms with Gasteiger partial charge in [-0.1, -0.05) is 30.3 Å². The van der Waals surface area contributed by atoms with Crippen LogP contribution < -0.4 is 5.32 Å². The average Bonchev–Trinajstić information content (AvgIpc) is 3.15. The molecule has 0 saturated carbocycles. The van der Waals surface area contributed by atoms with Gasteiger partial charge in [0.15, 0.2) is 0 Å². The molecule has 25 heavy (non-hydrogen) atoms. The highest BCUT2D eigenvalue weighted by molar-refractivity contribution is 5.76. The van der Waals surface area contributed by atoms with Crippen molar-refractivity contribution in [1.82, 2.24) is 15.5 Å². The Labute approximate surface area is 147 Å². The van der Waals surface area contributed by atoms with Crippen LogP contribution in [0.4, 0.5) is 0 Å². The van der Waals surface area contributed by atoms with Crippen molar-refractivity contribution < 1.29 is 14.3 Å². The van der Waals surface area contributed by atoms with Crippen LogP contribution in [0.15, 0.2) is 42.7 Å². The van der Waals surface area contributed by atoms with Crippen LogP contribution in [0.5, 0.6) is 0 Å². The summed E-state index contributed by atoms with van der Waals surface area (Å²) in [4.78, 5) is 12.2. The number of hydrogen-bond donors (Lipinski definition) is 2. The standard InChI is InChI=1S/C19H25N3O3/c23-19(8-4-7-16-11-20-21-12-16)22-17-14-24-10-9-18(17)25-13-15-5-2-1-3-6-15/h1-3,5-6,11-12,17-18H,4,7-10,13-14H2,(H,20,21)(H,22,23)/t17-,18+/m1/s1. The number of nitrogens with one attached hydrogen (secondary N) is 2. The van der Waals surface area contributed by atoms with Gasteiger partial charge >= 0.3 is 0 Å². The molecule has 0 aliphatic carbocycles. The summed E-state index contributed by atoms with van der Waals surface area (Å²) in [7, 11) is 0. The van der Waals surface area contributed by atoms with Gasteiger partial charge in [-0.15, -0.1) is 0 Å². The molecule has 1 aromatic carbocycles. The third-order valence-electron chi connectivity index (χ3n) is 4.37. The number of aryl methyl sites for hydroxylation is 1. The van der Waals surface area contributed by atoms with Crippen LogP contribution in [0.3, 0.4) is 0 Å². The fourth-order valence-electron chi connectivity index (χ4n) is 2.98. The number of aromatic nitrogens is 2. The highest BCUT2D eigenvalue weighted by atomic mass is 16.5. The van der Waals surface area contributed by atoms with Gasteiger partial charge in [-0.2, -0.15) is 5.10 Å². The van der Waals surface area contributed by atoms with E-state index in [1.165, 1.54) is 0 Å². The van der Waals surface area contributed by atoms with E-state index >= 15 is 0 Å². The van der Waals surface area contributed by atoms with Gasteiger partial charge in [0.25, 0.3) is 0 Å². The van der Waals surface area contributed by atoms with Gasteiger partial charge in [-0.25, -0.2) is 0 Å². The number of benzene rings is 1. The van der Waals surface area contributed by atoms with Crippen LogP contribution in [0.1, 0.15) is 30.4 Å². The lowest BCUT2D eigenvalue weighted by Crippen LogP contribution is -2.50. The molecule has 6 nitrogen and oxygen atoms in total. The van der Waals surface area contributed by atoms with Crippen molar-refractivity contribution in [3.05, 3.63) is 53.9 Å². The Morgan fingerprint density at radius 2 is 2.20 bits per heavy atom. The van der Waals surface area contributed by atoms with Crippen molar-refractivity contribution in [2.24, 2.45) is 0 Å². The number of carbonyl (C=O) groups excluding carboxylic acids is 1. The van der Waals surface area contributed by atoms with Gasteiger partial charge < -0.3 is 14.8 Å². The Hall–Kier alpha value is -2.18. The first-order valence-electron chi connectivity index (χ1n) is 8.81. The van der Waals surface area contributed by atoms with Crippen molar-refractivity contribution in [3.8, 4) is 0 Å². The fraction of sp³-hybridized carbons (Fsp3) is 0.474. The summed E-state index contributed by atoms with van der Waals surface area (Å²) in [6.45, 7) is 1.73. The lowest BCUT2D eigenvalue weighted by molar-refractivity contribution is -0.126. The molecule has 2 heterocycles. The molecule has 0 radical (unpaired) electrons. The second-order valence-electron chi connectivity index (χ2n) is 6.33. The van der Waals surface area contributed by atoms with Crippen LogP contribution in [0, 0.1) is 0 Å². The minimum atomic E-state index is -0.0844. The molecule has 1 aromatic heterocycles. The van der Waals surface area contributed by atoms with E-state index in [0.717, 1.165) is 30.4 Å². The largest absolute Gasteiger partial charge is 0.379 e. The molecule has 1 fully saturated rings. The van der Waals surface area contributed by atoms with Gasteiger partial charge in [0.1, 0.15) is 0 Å².